The van der Waals surface area contributed by atoms with Crippen LogP contribution in [0.5, 0.6) is 0 Å². The highest BCUT2D eigenvalue weighted by atomic mass is 16.3. The average Bonchev–Trinajstić information content (AvgIpc) is 2.51. The lowest BCUT2D eigenvalue weighted by atomic mass is 9.91. The van der Waals surface area contributed by atoms with E-state index in [1.54, 1.807) is 0 Å². The largest absolute Gasteiger partial charge is 0.392 e. The summed E-state index contributed by atoms with van der Waals surface area (Å²) in [5.41, 5.74) is 1.40. The standard InChI is InChI=1S/C18H28N2O/c21-18-11-5-4-10-17(18)19-16-9-6-12-20(14-16)13-15-7-2-1-3-8-15/h1-3,7-8,16-19,21H,4-6,9-14H2. The van der Waals surface area contributed by atoms with Gasteiger partial charge in [0.2, 0.25) is 0 Å². The lowest BCUT2D eigenvalue weighted by molar-refractivity contribution is 0.0735. The topological polar surface area (TPSA) is 35.5 Å². The molecule has 0 spiro atoms. The monoisotopic (exact) mass is 288 g/mol. The van der Waals surface area contributed by atoms with Gasteiger partial charge in [-0.05, 0) is 37.8 Å². The highest BCUT2D eigenvalue weighted by Crippen LogP contribution is 2.21. The SMILES string of the molecule is OC1CCCCC1NC1CCCN(Cc2ccccc2)C1. The van der Waals surface area contributed by atoms with E-state index >= 15 is 0 Å². The molecule has 21 heavy (non-hydrogen) atoms. The Kier molecular flexibility index (Phi) is 5.28. The van der Waals surface area contributed by atoms with Gasteiger partial charge in [0.25, 0.3) is 0 Å². The molecule has 1 saturated carbocycles. The molecule has 0 radical (unpaired) electrons. The third kappa shape index (κ3) is 4.29. The lowest BCUT2D eigenvalue weighted by Crippen LogP contribution is -2.52. The fraction of sp³-hybridized carbons (Fsp3) is 0.667. The lowest BCUT2D eigenvalue weighted by Gasteiger charge is -2.38. The smallest absolute Gasteiger partial charge is 0.0693 e. The van der Waals surface area contributed by atoms with Crippen LogP contribution in [0.4, 0.5) is 0 Å². The zero-order chi connectivity index (χ0) is 14.5. The van der Waals surface area contributed by atoms with Crippen LogP contribution in [0, 0.1) is 0 Å². The number of nitrogens with one attached hydrogen (secondary N) is 1. The van der Waals surface area contributed by atoms with Crippen molar-refractivity contribution < 1.29 is 5.11 Å². The van der Waals surface area contributed by atoms with E-state index in [4.69, 9.17) is 0 Å². The molecule has 1 aliphatic heterocycles. The number of benzene rings is 1. The number of nitrogens with zero attached hydrogens (tertiary/aromatic N) is 1. The van der Waals surface area contributed by atoms with Crippen LogP contribution in [-0.2, 0) is 6.54 Å². The van der Waals surface area contributed by atoms with Crippen molar-refractivity contribution in [2.24, 2.45) is 0 Å². The Morgan fingerprint density at radius 1 is 1.05 bits per heavy atom. The van der Waals surface area contributed by atoms with Crippen LogP contribution < -0.4 is 5.32 Å². The number of aliphatic hydroxyl groups is 1. The van der Waals surface area contributed by atoms with Gasteiger partial charge in [0.1, 0.15) is 0 Å². The number of piperidine rings is 1. The summed E-state index contributed by atoms with van der Waals surface area (Å²) >= 11 is 0. The molecule has 3 rings (SSSR count). The first-order chi connectivity index (χ1) is 10.3. The Labute approximate surface area is 128 Å². The maximum atomic E-state index is 10.1. The molecule has 1 saturated heterocycles. The van der Waals surface area contributed by atoms with Crippen molar-refractivity contribution in [3.63, 3.8) is 0 Å². The molecule has 0 bridgehead atoms. The van der Waals surface area contributed by atoms with Crippen LogP contribution in [0.15, 0.2) is 30.3 Å². The van der Waals surface area contributed by atoms with Crippen LogP contribution in [0.1, 0.15) is 44.1 Å². The maximum Gasteiger partial charge on any atom is 0.0693 e. The molecule has 0 aromatic heterocycles. The van der Waals surface area contributed by atoms with E-state index in [0.29, 0.717) is 12.1 Å². The van der Waals surface area contributed by atoms with Gasteiger partial charge in [0.15, 0.2) is 0 Å². The highest BCUT2D eigenvalue weighted by Gasteiger charge is 2.27. The number of rotatable bonds is 4. The number of aliphatic hydroxyl groups excluding tert-OH is 1. The van der Waals surface area contributed by atoms with Crippen LogP contribution in [0.3, 0.4) is 0 Å². The summed E-state index contributed by atoms with van der Waals surface area (Å²) in [7, 11) is 0. The second kappa shape index (κ2) is 7.39. The molecule has 1 aromatic rings. The minimum atomic E-state index is -0.136. The van der Waals surface area contributed by atoms with Crippen LogP contribution in [0.2, 0.25) is 0 Å². The molecule has 2 N–H and O–H groups in total. The summed E-state index contributed by atoms with van der Waals surface area (Å²) in [6.45, 7) is 3.35. The van der Waals surface area contributed by atoms with Crippen LogP contribution in [-0.4, -0.2) is 41.3 Å². The fourth-order valence-electron chi connectivity index (χ4n) is 3.79. The molecule has 1 heterocycles. The van der Waals surface area contributed by atoms with E-state index in [-0.39, 0.29) is 6.10 Å². The Balaban J connectivity index is 1.51. The summed E-state index contributed by atoms with van der Waals surface area (Å²) in [6.07, 6.45) is 6.92. The molecule has 0 amide bonds. The summed E-state index contributed by atoms with van der Waals surface area (Å²) < 4.78 is 0. The van der Waals surface area contributed by atoms with Crippen molar-refractivity contribution in [2.75, 3.05) is 13.1 Å². The molecule has 2 fully saturated rings. The minimum Gasteiger partial charge on any atom is -0.392 e. The van der Waals surface area contributed by atoms with Gasteiger partial charge in [-0.15, -0.1) is 0 Å². The van der Waals surface area contributed by atoms with Gasteiger partial charge in [-0.1, -0.05) is 43.2 Å². The highest BCUT2D eigenvalue weighted by molar-refractivity contribution is 5.14. The molecule has 116 valence electrons. The first-order valence-corrected chi connectivity index (χ1v) is 8.51. The van der Waals surface area contributed by atoms with Crippen molar-refractivity contribution in [3.8, 4) is 0 Å². The molecule has 1 aromatic carbocycles. The van der Waals surface area contributed by atoms with E-state index in [9.17, 15) is 5.11 Å². The first kappa shape index (κ1) is 15.0. The maximum absolute atomic E-state index is 10.1. The Morgan fingerprint density at radius 3 is 2.67 bits per heavy atom. The minimum absolute atomic E-state index is 0.136. The molecular formula is C18H28N2O. The van der Waals surface area contributed by atoms with E-state index in [0.717, 1.165) is 25.9 Å². The molecule has 2 aliphatic rings. The van der Waals surface area contributed by atoms with Crippen molar-refractivity contribution in [3.05, 3.63) is 35.9 Å². The van der Waals surface area contributed by atoms with Crippen LogP contribution >= 0.6 is 0 Å². The van der Waals surface area contributed by atoms with Gasteiger partial charge in [0, 0.05) is 25.2 Å². The van der Waals surface area contributed by atoms with Crippen molar-refractivity contribution in [2.45, 2.75) is 63.3 Å². The fourth-order valence-corrected chi connectivity index (χ4v) is 3.79. The van der Waals surface area contributed by atoms with Gasteiger partial charge >= 0.3 is 0 Å². The summed E-state index contributed by atoms with van der Waals surface area (Å²) in [5.74, 6) is 0. The Morgan fingerprint density at radius 2 is 1.86 bits per heavy atom. The zero-order valence-electron chi connectivity index (χ0n) is 12.9. The predicted molar refractivity (Wildman–Crippen MR) is 86.1 cm³/mol. The normalized spacial score (nSPS) is 31.2. The van der Waals surface area contributed by atoms with Crippen molar-refractivity contribution in [1.82, 2.24) is 10.2 Å². The molecular weight excluding hydrogens is 260 g/mol. The molecule has 3 heteroatoms. The first-order valence-electron chi connectivity index (χ1n) is 8.51. The molecule has 3 nitrogen and oxygen atoms in total. The Hall–Kier alpha value is -0.900. The number of likely N-dealkylation sites (tertiary alicyclic amines) is 1. The van der Waals surface area contributed by atoms with Gasteiger partial charge in [0.05, 0.1) is 6.10 Å². The third-order valence-corrected chi connectivity index (χ3v) is 4.93. The quantitative estimate of drug-likeness (QED) is 0.894. The van der Waals surface area contributed by atoms with Gasteiger partial charge in [-0.3, -0.25) is 4.90 Å². The molecule has 3 atom stereocenters. The Bertz CT molecular complexity index is 422. The van der Waals surface area contributed by atoms with E-state index in [2.05, 4.69) is 40.5 Å². The van der Waals surface area contributed by atoms with Gasteiger partial charge in [-0.2, -0.15) is 0 Å². The summed E-state index contributed by atoms with van der Waals surface area (Å²) in [6, 6.07) is 11.6. The van der Waals surface area contributed by atoms with E-state index < -0.39 is 0 Å². The molecule has 1 aliphatic carbocycles. The average molecular weight is 288 g/mol. The van der Waals surface area contributed by atoms with Crippen LogP contribution in [0.25, 0.3) is 0 Å². The van der Waals surface area contributed by atoms with E-state index in [1.807, 2.05) is 0 Å². The van der Waals surface area contributed by atoms with Crippen molar-refractivity contribution in [1.29, 1.82) is 0 Å². The van der Waals surface area contributed by atoms with Gasteiger partial charge in [-0.25, -0.2) is 0 Å². The summed E-state index contributed by atoms with van der Waals surface area (Å²) in [4.78, 5) is 2.55. The predicted octanol–water partition coefficient (Wildman–Crippen LogP) is 2.54. The molecule has 3 unspecified atom stereocenters. The number of hydrogen-bond donors (Lipinski definition) is 2. The second-order valence-electron chi connectivity index (χ2n) is 6.68. The zero-order valence-corrected chi connectivity index (χ0v) is 12.9. The van der Waals surface area contributed by atoms with Crippen molar-refractivity contribution >= 4 is 0 Å². The summed E-state index contributed by atoms with van der Waals surface area (Å²) in [5, 5.41) is 13.9. The third-order valence-electron chi connectivity index (χ3n) is 4.93. The van der Waals surface area contributed by atoms with E-state index in [1.165, 1.54) is 37.8 Å². The second-order valence-corrected chi connectivity index (χ2v) is 6.68. The number of hydrogen-bond acceptors (Lipinski definition) is 3. The van der Waals surface area contributed by atoms with Gasteiger partial charge < -0.3 is 10.4 Å².